The third kappa shape index (κ3) is 8.45. The number of anilines is 1. The van der Waals surface area contributed by atoms with Crippen LogP contribution in [0.15, 0.2) is 91.0 Å². The summed E-state index contributed by atoms with van der Waals surface area (Å²) in [5.41, 5.74) is 5.58. The minimum atomic E-state index is -0.470. The average Bonchev–Trinajstić information content (AvgIpc) is 3.74. The molecular weight excluding hydrogens is 640 g/mol. The fourth-order valence-electron chi connectivity index (χ4n) is 6.91. The lowest BCUT2D eigenvalue weighted by atomic mass is 10.1. The van der Waals surface area contributed by atoms with Crippen LogP contribution in [0.25, 0.3) is 22.2 Å². The first-order valence-corrected chi connectivity index (χ1v) is 18.0. The predicted octanol–water partition coefficient (Wildman–Crippen LogP) is 7.17. The molecule has 0 unspecified atom stereocenters. The quantitative estimate of drug-likeness (QED) is 0.153. The van der Waals surface area contributed by atoms with E-state index in [-0.39, 0.29) is 6.09 Å². The first-order valence-electron chi connectivity index (χ1n) is 18.0. The van der Waals surface area contributed by atoms with Crippen LogP contribution in [0.5, 0.6) is 11.8 Å². The van der Waals surface area contributed by atoms with Crippen molar-refractivity contribution in [3.05, 3.63) is 102 Å². The van der Waals surface area contributed by atoms with E-state index in [9.17, 15) is 4.79 Å². The van der Waals surface area contributed by atoms with Gasteiger partial charge in [-0.1, -0.05) is 60.7 Å². The van der Waals surface area contributed by atoms with Gasteiger partial charge in [-0.15, -0.1) is 0 Å². The summed E-state index contributed by atoms with van der Waals surface area (Å²) >= 11 is 0. The van der Waals surface area contributed by atoms with Crippen molar-refractivity contribution in [3.63, 3.8) is 0 Å². The van der Waals surface area contributed by atoms with E-state index >= 15 is 0 Å². The summed E-state index contributed by atoms with van der Waals surface area (Å²) < 4.78 is 20.0. The topological polar surface area (TPSA) is 85.2 Å². The van der Waals surface area contributed by atoms with E-state index < -0.39 is 5.60 Å². The number of pyridine rings is 1. The van der Waals surface area contributed by atoms with E-state index in [2.05, 4.69) is 28.0 Å². The third-order valence-corrected chi connectivity index (χ3v) is 9.56. The summed E-state index contributed by atoms with van der Waals surface area (Å²) in [6, 6.07) is 30.7. The molecule has 0 radical (unpaired) electrons. The molecule has 0 N–H and O–H groups in total. The molecule has 2 saturated heterocycles. The van der Waals surface area contributed by atoms with Gasteiger partial charge in [0.15, 0.2) is 0 Å². The monoisotopic (exact) mass is 688 g/mol. The van der Waals surface area contributed by atoms with Gasteiger partial charge in [0, 0.05) is 70.0 Å². The number of fused-ring (bicyclic) bond motifs is 1. The Morgan fingerprint density at radius 2 is 1.51 bits per heavy atom. The molecule has 51 heavy (non-hydrogen) atoms. The molecule has 0 saturated carbocycles. The van der Waals surface area contributed by atoms with Crippen molar-refractivity contribution in [3.8, 4) is 23.0 Å². The highest BCUT2D eigenvalue weighted by molar-refractivity contribution is 5.96. The summed E-state index contributed by atoms with van der Waals surface area (Å²) in [5.74, 6) is 1.57. The van der Waals surface area contributed by atoms with Crippen molar-refractivity contribution < 1.29 is 19.0 Å². The van der Waals surface area contributed by atoms with Crippen LogP contribution in [-0.2, 0) is 25.0 Å². The maximum absolute atomic E-state index is 12.5. The van der Waals surface area contributed by atoms with Gasteiger partial charge in [-0.2, -0.15) is 10.1 Å². The number of ether oxygens (including phenoxy) is 3. The standard InChI is InChI=1S/C41H48N6O4/c1-41(2,3)51-40(48)46-23-21-45(22-24-46)26-32-19-20-47(27-32)33-15-16-34-36(25-33)44(4)43-38(34)35-17-18-37(49-28-30-11-7-5-8-12-30)42-39(35)50-29-31-13-9-6-10-14-31/h5-18,25,32H,19-24,26-29H2,1-4H3/t32-/m1/s1. The summed E-state index contributed by atoms with van der Waals surface area (Å²) in [4.78, 5) is 24.2. The zero-order chi connectivity index (χ0) is 35.4. The SMILES string of the molecule is Cn1nc(-c2ccc(OCc3ccccc3)nc2OCc2ccccc2)c2ccc(N3CC[C@H](CN4CCN(C(=O)OC(C)(C)C)CC4)C3)cc21. The van der Waals surface area contributed by atoms with Crippen LogP contribution in [0.2, 0.25) is 0 Å². The lowest BCUT2D eigenvalue weighted by molar-refractivity contribution is 0.0135. The molecule has 2 aromatic heterocycles. The van der Waals surface area contributed by atoms with Crippen LogP contribution in [-0.4, -0.2) is 82.1 Å². The van der Waals surface area contributed by atoms with Gasteiger partial charge < -0.3 is 24.0 Å². The Kier molecular flexibility index (Phi) is 10.1. The summed E-state index contributed by atoms with van der Waals surface area (Å²) in [7, 11) is 1.99. The number of carbonyl (C=O) groups excluding carboxylic acids is 1. The summed E-state index contributed by atoms with van der Waals surface area (Å²) in [6.07, 6.45) is 0.938. The molecule has 2 aliphatic rings. The molecular formula is C41H48N6O4. The lowest BCUT2D eigenvalue weighted by Gasteiger charge is -2.36. The minimum absolute atomic E-state index is 0.208. The Labute approximate surface area is 300 Å². The fourth-order valence-corrected chi connectivity index (χ4v) is 6.91. The van der Waals surface area contributed by atoms with E-state index in [1.165, 1.54) is 5.69 Å². The van der Waals surface area contributed by atoms with Crippen LogP contribution in [0, 0.1) is 5.92 Å². The number of aromatic nitrogens is 3. The normalized spacial score (nSPS) is 16.8. The van der Waals surface area contributed by atoms with Crippen LogP contribution >= 0.6 is 0 Å². The first-order chi connectivity index (χ1) is 24.7. The number of piperazine rings is 1. The maximum Gasteiger partial charge on any atom is 0.410 e. The fraction of sp³-hybridized carbons (Fsp3) is 0.390. The zero-order valence-electron chi connectivity index (χ0n) is 30.1. The molecule has 10 nitrogen and oxygen atoms in total. The number of hydrogen-bond donors (Lipinski definition) is 0. The van der Waals surface area contributed by atoms with Crippen molar-refractivity contribution in [2.45, 2.75) is 46.0 Å². The molecule has 2 fully saturated rings. The van der Waals surface area contributed by atoms with Gasteiger partial charge in [0.05, 0.1) is 11.1 Å². The molecule has 0 aliphatic carbocycles. The lowest BCUT2D eigenvalue weighted by Crippen LogP contribution is -2.51. The van der Waals surface area contributed by atoms with Crippen molar-refractivity contribution in [2.75, 3.05) is 50.7 Å². The number of benzene rings is 3. The highest BCUT2D eigenvalue weighted by atomic mass is 16.6. The predicted molar refractivity (Wildman–Crippen MR) is 200 cm³/mol. The van der Waals surface area contributed by atoms with Crippen LogP contribution in [0.3, 0.4) is 0 Å². The number of carbonyl (C=O) groups is 1. The Hall–Kier alpha value is -5.09. The highest BCUT2D eigenvalue weighted by Gasteiger charge is 2.30. The first kappa shape index (κ1) is 34.4. The van der Waals surface area contributed by atoms with Gasteiger partial charge in [0.2, 0.25) is 11.8 Å². The molecule has 5 aromatic rings. The summed E-state index contributed by atoms with van der Waals surface area (Å²) in [6.45, 7) is 12.8. The third-order valence-electron chi connectivity index (χ3n) is 9.56. The van der Waals surface area contributed by atoms with Crippen LogP contribution < -0.4 is 14.4 Å². The number of amides is 1. The Morgan fingerprint density at radius 3 is 2.20 bits per heavy atom. The molecule has 3 aromatic carbocycles. The molecule has 0 spiro atoms. The number of aryl methyl sites for hydroxylation is 1. The van der Waals surface area contributed by atoms with Crippen LogP contribution in [0.1, 0.15) is 38.3 Å². The average molecular weight is 689 g/mol. The van der Waals surface area contributed by atoms with Gasteiger partial charge in [-0.3, -0.25) is 9.58 Å². The van der Waals surface area contributed by atoms with E-state index in [0.717, 1.165) is 72.4 Å². The minimum Gasteiger partial charge on any atom is -0.473 e. The van der Waals surface area contributed by atoms with Gasteiger partial charge in [0.1, 0.15) is 24.5 Å². The molecule has 2 aliphatic heterocycles. The maximum atomic E-state index is 12.5. The second kappa shape index (κ2) is 15.0. The zero-order valence-corrected chi connectivity index (χ0v) is 30.1. The summed E-state index contributed by atoms with van der Waals surface area (Å²) in [5, 5.41) is 6.04. The number of nitrogens with zero attached hydrogens (tertiary/aromatic N) is 6. The highest BCUT2D eigenvalue weighted by Crippen LogP contribution is 2.37. The van der Waals surface area contributed by atoms with E-state index in [4.69, 9.17) is 24.3 Å². The van der Waals surface area contributed by atoms with E-state index in [0.29, 0.717) is 44.0 Å². The molecule has 7 rings (SSSR count). The Morgan fingerprint density at radius 1 is 0.824 bits per heavy atom. The van der Waals surface area contributed by atoms with Crippen molar-refractivity contribution in [1.29, 1.82) is 0 Å². The molecule has 266 valence electrons. The second-order valence-corrected chi connectivity index (χ2v) is 14.6. The van der Waals surface area contributed by atoms with Crippen molar-refractivity contribution in [1.82, 2.24) is 24.6 Å². The molecule has 0 bridgehead atoms. The van der Waals surface area contributed by atoms with Gasteiger partial charge >= 0.3 is 6.09 Å². The van der Waals surface area contributed by atoms with Gasteiger partial charge in [-0.25, -0.2) is 4.79 Å². The smallest absolute Gasteiger partial charge is 0.410 e. The molecule has 4 heterocycles. The van der Waals surface area contributed by atoms with E-state index in [1.807, 2.05) is 110 Å². The number of rotatable bonds is 10. The molecule has 1 atom stereocenters. The molecule has 1 amide bonds. The Bertz CT molecular complexity index is 1930. The van der Waals surface area contributed by atoms with Crippen molar-refractivity contribution >= 4 is 22.7 Å². The van der Waals surface area contributed by atoms with Gasteiger partial charge in [-0.05, 0) is 68.5 Å². The molecule has 10 heteroatoms. The van der Waals surface area contributed by atoms with Crippen molar-refractivity contribution in [2.24, 2.45) is 13.0 Å². The van der Waals surface area contributed by atoms with Crippen LogP contribution in [0.4, 0.5) is 10.5 Å². The largest absolute Gasteiger partial charge is 0.473 e. The Balaban J connectivity index is 1.04. The van der Waals surface area contributed by atoms with E-state index in [1.54, 1.807) is 0 Å². The number of hydrogen-bond acceptors (Lipinski definition) is 8. The van der Waals surface area contributed by atoms with Gasteiger partial charge in [0.25, 0.3) is 0 Å². The second-order valence-electron chi connectivity index (χ2n) is 14.6.